The van der Waals surface area contributed by atoms with Crippen LogP contribution >= 0.6 is 0 Å². The van der Waals surface area contributed by atoms with Gasteiger partial charge in [0.15, 0.2) is 6.20 Å². The maximum absolute atomic E-state index is 11.4. The van der Waals surface area contributed by atoms with Crippen LogP contribution in [0.2, 0.25) is 0 Å². The van der Waals surface area contributed by atoms with Gasteiger partial charge in [0.1, 0.15) is 0 Å². The SMILES string of the molecule is C=C/C=C\C.O=C(O)C[n+]1ccc(/C=C/c2ccc3c(c2)C2CCCC2N3c2ccc(C=C(c3ccccc3)c3ccccc3)cc2)c2ccccc21. The molecule has 0 spiro atoms. The summed E-state index contributed by atoms with van der Waals surface area (Å²) in [7, 11) is 0. The molecule has 0 bridgehead atoms. The van der Waals surface area contributed by atoms with Crippen molar-refractivity contribution in [1.82, 2.24) is 0 Å². The quantitative estimate of drug-likeness (QED) is 0.0931. The Morgan fingerprint density at radius 3 is 2.15 bits per heavy atom. The van der Waals surface area contributed by atoms with E-state index in [2.05, 4.69) is 139 Å². The molecule has 2 atom stereocenters. The fraction of sp³-hybridized carbons (Fsp3) is 0.143. The van der Waals surface area contributed by atoms with Crippen LogP contribution in [0.15, 0.2) is 164 Å². The Balaban J connectivity index is 0.000000817. The third-order valence-electron chi connectivity index (χ3n) is 10.2. The first-order valence-electron chi connectivity index (χ1n) is 18.4. The van der Waals surface area contributed by atoms with Gasteiger partial charge in [-0.15, -0.1) is 0 Å². The molecule has 4 nitrogen and oxygen atoms in total. The van der Waals surface area contributed by atoms with Crippen LogP contribution in [0.4, 0.5) is 11.4 Å². The first-order valence-corrected chi connectivity index (χ1v) is 18.4. The van der Waals surface area contributed by atoms with Gasteiger partial charge in [0, 0.05) is 35.5 Å². The number of hydrogen-bond donors (Lipinski definition) is 1. The second-order valence-electron chi connectivity index (χ2n) is 13.6. The average Bonchev–Trinajstić information content (AvgIpc) is 3.79. The Kier molecular flexibility index (Phi) is 10.9. The van der Waals surface area contributed by atoms with Crippen LogP contribution in [0.5, 0.6) is 0 Å². The molecule has 1 fully saturated rings. The maximum atomic E-state index is 11.4. The predicted octanol–water partition coefficient (Wildman–Crippen LogP) is 11.5. The van der Waals surface area contributed by atoms with E-state index >= 15 is 0 Å². The van der Waals surface area contributed by atoms with Crippen molar-refractivity contribution < 1.29 is 14.5 Å². The lowest BCUT2D eigenvalue weighted by Gasteiger charge is -2.27. The number of aromatic nitrogens is 1. The van der Waals surface area contributed by atoms with Crippen molar-refractivity contribution in [2.45, 2.75) is 44.7 Å². The van der Waals surface area contributed by atoms with Crippen LogP contribution in [0, 0.1) is 0 Å². The monoisotopic (exact) mass is 693 g/mol. The van der Waals surface area contributed by atoms with E-state index in [1.165, 1.54) is 64.0 Å². The van der Waals surface area contributed by atoms with Crippen molar-refractivity contribution >= 4 is 52.0 Å². The Morgan fingerprint density at radius 2 is 1.49 bits per heavy atom. The number of aliphatic carboxylic acids is 1. The van der Waals surface area contributed by atoms with Crippen LogP contribution < -0.4 is 9.47 Å². The van der Waals surface area contributed by atoms with Gasteiger partial charge in [-0.2, -0.15) is 4.57 Å². The summed E-state index contributed by atoms with van der Waals surface area (Å²) in [6, 6.07) is 47.7. The molecule has 2 unspecified atom stereocenters. The van der Waals surface area contributed by atoms with Crippen molar-refractivity contribution in [2.24, 2.45) is 0 Å². The van der Waals surface area contributed by atoms with Crippen LogP contribution in [0.25, 0.3) is 34.7 Å². The fourth-order valence-electron chi connectivity index (χ4n) is 7.84. The third-order valence-corrected chi connectivity index (χ3v) is 10.2. The molecule has 0 radical (unpaired) electrons. The molecule has 0 amide bonds. The number of carbonyl (C=O) groups is 1. The number of fused-ring (bicyclic) bond motifs is 4. The highest BCUT2D eigenvalue weighted by Gasteiger charge is 2.42. The molecule has 53 heavy (non-hydrogen) atoms. The largest absolute Gasteiger partial charge is 0.477 e. The summed E-state index contributed by atoms with van der Waals surface area (Å²) in [6.07, 6.45) is 17.7. The molecule has 262 valence electrons. The first-order chi connectivity index (χ1) is 26.0. The molecule has 4 heteroatoms. The lowest BCUT2D eigenvalue weighted by molar-refractivity contribution is -0.660. The Bertz CT molecular complexity index is 2260. The van der Waals surface area contributed by atoms with Gasteiger partial charge in [-0.05, 0) is 95.1 Å². The number of anilines is 2. The number of carboxylic acid groups (broad SMARTS) is 1. The lowest BCUT2D eigenvalue weighted by atomic mass is 9.95. The normalized spacial score (nSPS) is 15.9. The zero-order valence-electron chi connectivity index (χ0n) is 30.2. The summed E-state index contributed by atoms with van der Waals surface area (Å²) in [5.41, 5.74) is 12.0. The summed E-state index contributed by atoms with van der Waals surface area (Å²) in [5.74, 6) is -0.317. The average molecular weight is 694 g/mol. The van der Waals surface area contributed by atoms with E-state index in [1.807, 2.05) is 49.5 Å². The summed E-state index contributed by atoms with van der Waals surface area (Å²) in [5, 5.41) is 10.4. The van der Waals surface area contributed by atoms with Gasteiger partial charge >= 0.3 is 5.97 Å². The molecule has 2 heterocycles. The lowest BCUT2D eigenvalue weighted by Crippen LogP contribution is -2.38. The number of benzene rings is 5. The molecule has 6 aromatic rings. The molecular weight excluding hydrogens is 649 g/mol. The highest BCUT2D eigenvalue weighted by molar-refractivity contribution is 5.92. The van der Waals surface area contributed by atoms with Crippen LogP contribution in [-0.4, -0.2) is 17.1 Å². The summed E-state index contributed by atoms with van der Waals surface area (Å²) >= 11 is 0. The van der Waals surface area contributed by atoms with E-state index in [0.717, 1.165) is 16.5 Å². The van der Waals surface area contributed by atoms with Gasteiger partial charge in [-0.3, -0.25) is 0 Å². The minimum absolute atomic E-state index is 0.0593. The van der Waals surface area contributed by atoms with Gasteiger partial charge in [-0.25, -0.2) is 4.79 Å². The highest BCUT2D eigenvalue weighted by atomic mass is 16.4. The van der Waals surface area contributed by atoms with Gasteiger partial charge in [0.2, 0.25) is 12.1 Å². The third kappa shape index (κ3) is 7.83. The highest BCUT2D eigenvalue weighted by Crippen LogP contribution is 2.52. The Morgan fingerprint density at radius 1 is 0.811 bits per heavy atom. The second kappa shape index (κ2) is 16.4. The second-order valence-corrected chi connectivity index (χ2v) is 13.6. The summed E-state index contributed by atoms with van der Waals surface area (Å²) in [6.45, 7) is 5.36. The van der Waals surface area contributed by atoms with E-state index in [9.17, 15) is 9.90 Å². The zero-order chi connectivity index (χ0) is 36.6. The topological polar surface area (TPSA) is 44.4 Å². The number of allylic oxidation sites excluding steroid dienone is 3. The molecule has 0 saturated heterocycles. The minimum atomic E-state index is -0.848. The summed E-state index contributed by atoms with van der Waals surface area (Å²) in [4.78, 5) is 14.0. The molecule has 1 aliphatic heterocycles. The standard InChI is InChI=1S/C44H36N2O2.C5H8/c47-44(48)30-45-27-26-35(37-14-7-8-16-41(37)45)22-18-31-21-25-43-40(29-31)38-15-9-17-42(38)46(43)36-23-19-32(20-24-36)28-39(33-10-3-1-4-11-33)34-12-5-2-6-13-34;1-3-5-4-2/h1-8,10-14,16,18-29,38,42H,9,15,17,30H2;3-5H,1H2,2H3/p+1/b;5-4-. The van der Waals surface area contributed by atoms with E-state index < -0.39 is 5.97 Å². The number of nitrogens with zero attached hydrogens (tertiary/aromatic N) is 2. The predicted molar refractivity (Wildman–Crippen MR) is 221 cm³/mol. The molecule has 1 aromatic heterocycles. The smallest absolute Gasteiger partial charge is 0.370 e. The van der Waals surface area contributed by atoms with E-state index in [1.54, 1.807) is 10.6 Å². The fourth-order valence-corrected chi connectivity index (χ4v) is 7.84. The molecular formula is C49H45N2O2+. The first kappa shape index (κ1) is 35.2. The number of hydrogen-bond acceptors (Lipinski definition) is 2. The maximum Gasteiger partial charge on any atom is 0.370 e. The van der Waals surface area contributed by atoms with E-state index in [-0.39, 0.29) is 6.54 Å². The Hall–Kier alpha value is -6.26. The Labute approximate surface area is 313 Å². The van der Waals surface area contributed by atoms with Gasteiger partial charge < -0.3 is 10.0 Å². The van der Waals surface area contributed by atoms with E-state index in [0.29, 0.717) is 12.0 Å². The number of pyridine rings is 1. The van der Waals surface area contributed by atoms with Crippen molar-refractivity contribution in [1.29, 1.82) is 0 Å². The summed E-state index contributed by atoms with van der Waals surface area (Å²) < 4.78 is 1.79. The molecule has 5 aromatic carbocycles. The molecule has 1 N–H and O–H groups in total. The number of carboxylic acids is 1. The van der Waals surface area contributed by atoms with E-state index in [4.69, 9.17) is 0 Å². The van der Waals surface area contributed by atoms with Gasteiger partial charge in [0.25, 0.3) is 0 Å². The van der Waals surface area contributed by atoms with Crippen molar-refractivity contribution in [3.05, 3.63) is 198 Å². The van der Waals surface area contributed by atoms with Crippen molar-refractivity contribution in [3.63, 3.8) is 0 Å². The zero-order valence-corrected chi connectivity index (χ0v) is 30.2. The van der Waals surface area contributed by atoms with Crippen LogP contribution in [0.3, 0.4) is 0 Å². The van der Waals surface area contributed by atoms with Crippen LogP contribution in [-0.2, 0) is 11.3 Å². The molecule has 1 aliphatic carbocycles. The molecule has 2 aliphatic rings. The minimum Gasteiger partial charge on any atom is -0.477 e. The van der Waals surface area contributed by atoms with Crippen molar-refractivity contribution in [3.8, 4) is 0 Å². The molecule has 8 rings (SSSR count). The van der Waals surface area contributed by atoms with Crippen LogP contribution in [0.1, 0.15) is 65.5 Å². The molecule has 1 saturated carbocycles. The van der Waals surface area contributed by atoms with Crippen molar-refractivity contribution in [2.75, 3.05) is 4.90 Å². The number of rotatable bonds is 9. The number of para-hydroxylation sites is 1. The van der Waals surface area contributed by atoms with Gasteiger partial charge in [0.05, 0.1) is 5.39 Å². The van der Waals surface area contributed by atoms with Gasteiger partial charge in [-0.1, -0.05) is 134 Å².